The van der Waals surface area contributed by atoms with E-state index in [1.54, 1.807) is 0 Å². The zero-order valence-electron chi connectivity index (χ0n) is 17.3. The predicted molar refractivity (Wildman–Crippen MR) is 139 cm³/mol. The summed E-state index contributed by atoms with van der Waals surface area (Å²) in [6, 6.07) is 29.3. The van der Waals surface area contributed by atoms with E-state index >= 15 is 0 Å². The molecule has 1 heterocycles. The molecule has 33 heavy (non-hydrogen) atoms. The number of amides is 2. The van der Waals surface area contributed by atoms with Gasteiger partial charge < -0.3 is 10.6 Å². The van der Waals surface area contributed by atoms with Crippen molar-refractivity contribution >= 4 is 76.9 Å². The van der Waals surface area contributed by atoms with Crippen molar-refractivity contribution in [2.24, 2.45) is 0 Å². The Morgan fingerprint density at radius 3 is 1.82 bits per heavy atom. The molecule has 0 aliphatic carbocycles. The summed E-state index contributed by atoms with van der Waals surface area (Å²) in [5.74, 6) is 0. The molecule has 6 aromatic rings. The summed E-state index contributed by atoms with van der Waals surface area (Å²) >= 11 is 3.41. The number of nitrogens with zero attached hydrogens (tertiary/aromatic N) is 2. The van der Waals surface area contributed by atoms with Crippen LogP contribution in [0, 0.1) is 0 Å². The summed E-state index contributed by atoms with van der Waals surface area (Å²) < 4.78 is 0.896. The largest absolute Gasteiger partial charge is 0.323 e. The first kappa shape index (κ1) is 19.6. The van der Waals surface area contributed by atoms with Crippen LogP contribution in [0.5, 0.6) is 0 Å². The van der Waals surface area contributed by atoms with Crippen LogP contribution in [-0.2, 0) is 0 Å². The third-order valence-corrected chi connectivity index (χ3v) is 6.15. The Morgan fingerprint density at radius 1 is 0.606 bits per heavy atom. The molecule has 0 spiro atoms. The quantitative estimate of drug-likeness (QED) is 0.194. The number of anilines is 2. The maximum atomic E-state index is 12.5. The molecule has 0 saturated heterocycles. The summed E-state index contributed by atoms with van der Waals surface area (Å²) in [7, 11) is 0. The SMILES string of the molecule is O=C(Nc1cccc(Br)c1)Nc1ccc2nc3c4ccccc4c4ccccc4c3nc2c1. The van der Waals surface area contributed by atoms with Gasteiger partial charge in [-0.05, 0) is 47.2 Å². The van der Waals surface area contributed by atoms with Gasteiger partial charge in [-0.2, -0.15) is 0 Å². The normalized spacial score (nSPS) is 11.3. The maximum absolute atomic E-state index is 12.5. The lowest BCUT2D eigenvalue weighted by Crippen LogP contribution is -2.19. The molecule has 0 radical (unpaired) electrons. The van der Waals surface area contributed by atoms with Crippen LogP contribution in [0.15, 0.2) is 95.5 Å². The van der Waals surface area contributed by atoms with Gasteiger partial charge in [-0.1, -0.05) is 70.5 Å². The topological polar surface area (TPSA) is 66.9 Å². The van der Waals surface area contributed by atoms with E-state index in [9.17, 15) is 4.79 Å². The maximum Gasteiger partial charge on any atom is 0.323 e. The predicted octanol–water partition coefficient (Wildman–Crippen LogP) is 7.50. The number of nitrogens with one attached hydrogen (secondary N) is 2. The molecular formula is C27H17BrN4O. The molecule has 5 nitrogen and oxygen atoms in total. The molecule has 5 aromatic carbocycles. The molecular weight excluding hydrogens is 476 g/mol. The Bertz CT molecular complexity index is 1710. The smallest absolute Gasteiger partial charge is 0.308 e. The summed E-state index contributed by atoms with van der Waals surface area (Å²) in [4.78, 5) is 22.4. The van der Waals surface area contributed by atoms with Crippen molar-refractivity contribution in [3.05, 3.63) is 95.5 Å². The Morgan fingerprint density at radius 2 is 1.18 bits per heavy atom. The highest BCUT2D eigenvalue weighted by atomic mass is 79.9. The third kappa shape index (κ3) is 3.54. The molecule has 0 bridgehead atoms. The zero-order chi connectivity index (χ0) is 22.4. The average Bonchev–Trinajstić information content (AvgIpc) is 2.83. The highest BCUT2D eigenvalue weighted by Gasteiger charge is 2.12. The Balaban J connectivity index is 1.45. The van der Waals surface area contributed by atoms with Crippen LogP contribution in [-0.4, -0.2) is 16.0 Å². The molecule has 0 fully saturated rings. The highest BCUT2D eigenvalue weighted by molar-refractivity contribution is 9.10. The van der Waals surface area contributed by atoms with Gasteiger partial charge in [0.25, 0.3) is 0 Å². The fourth-order valence-corrected chi connectivity index (χ4v) is 4.62. The van der Waals surface area contributed by atoms with Gasteiger partial charge in [-0.25, -0.2) is 14.8 Å². The van der Waals surface area contributed by atoms with Gasteiger partial charge >= 0.3 is 6.03 Å². The standard InChI is InChI=1S/C27H17BrN4O/c28-16-6-5-7-17(14-16)29-27(33)30-18-12-13-23-24(15-18)32-26-22-11-4-2-9-20(22)19-8-1-3-10-21(19)25(26)31-23/h1-15H,(H2,29,30,33). The number of fused-ring (bicyclic) bond motifs is 7. The molecule has 0 saturated carbocycles. The van der Waals surface area contributed by atoms with Crippen LogP contribution >= 0.6 is 15.9 Å². The zero-order valence-corrected chi connectivity index (χ0v) is 18.9. The first-order chi connectivity index (χ1) is 16.2. The van der Waals surface area contributed by atoms with E-state index in [1.807, 2.05) is 66.7 Å². The fourth-order valence-electron chi connectivity index (χ4n) is 4.22. The molecule has 6 heteroatoms. The van der Waals surface area contributed by atoms with E-state index in [2.05, 4.69) is 50.8 Å². The van der Waals surface area contributed by atoms with Gasteiger partial charge in [0, 0.05) is 26.6 Å². The van der Waals surface area contributed by atoms with E-state index in [0.29, 0.717) is 11.4 Å². The Labute approximate surface area is 197 Å². The molecule has 0 aliphatic rings. The van der Waals surface area contributed by atoms with E-state index in [1.165, 1.54) is 0 Å². The molecule has 1 aromatic heterocycles. The van der Waals surface area contributed by atoms with Crippen LogP contribution in [0.4, 0.5) is 16.2 Å². The van der Waals surface area contributed by atoms with Gasteiger partial charge in [0.1, 0.15) is 0 Å². The number of rotatable bonds is 2. The van der Waals surface area contributed by atoms with E-state index in [0.717, 1.165) is 48.1 Å². The van der Waals surface area contributed by atoms with Crippen LogP contribution in [0.25, 0.3) is 43.6 Å². The van der Waals surface area contributed by atoms with Crippen LogP contribution in [0.1, 0.15) is 0 Å². The molecule has 2 N–H and O–H groups in total. The number of hydrogen-bond acceptors (Lipinski definition) is 3. The van der Waals surface area contributed by atoms with E-state index in [4.69, 9.17) is 9.97 Å². The lowest BCUT2D eigenvalue weighted by atomic mass is 9.99. The van der Waals surface area contributed by atoms with Gasteiger partial charge in [-0.15, -0.1) is 0 Å². The van der Waals surface area contributed by atoms with E-state index in [-0.39, 0.29) is 6.03 Å². The van der Waals surface area contributed by atoms with Gasteiger partial charge in [0.05, 0.1) is 22.1 Å². The average molecular weight is 493 g/mol. The fraction of sp³-hybridized carbons (Fsp3) is 0. The van der Waals surface area contributed by atoms with Crippen LogP contribution in [0.2, 0.25) is 0 Å². The van der Waals surface area contributed by atoms with Gasteiger partial charge in [-0.3, -0.25) is 0 Å². The van der Waals surface area contributed by atoms with Crippen molar-refractivity contribution in [2.75, 3.05) is 10.6 Å². The number of aromatic nitrogens is 2. The second kappa shape index (κ2) is 7.83. The number of carbonyl (C=O) groups excluding carboxylic acids is 1. The van der Waals surface area contributed by atoms with Crippen molar-refractivity contribution in [1.82, 2.24) is 9.97 Å². The van der Waals surface area contributed by atoms with E-state index < -0.39 is 0 Å². The first-order valence-electron chi connectivity index (χ1n) is 10.5. The second-order valence-electron chi connectivity index (χ2n) is 7.80. The molecule has 158 valence electrons. The summed E-state index contributed by atoms with van der Waals surface area (Å²) in [6.45, 7) is 0. The van der Waals surface area contributed by atoms with Crippen molar-refractivity contribution in [3.8, 4) is 0 Å². The number of benzene rings is 5. The van der Waals surface area contributed by atoms with Crippen molar-refractivity contribution in [2.45, 2.75) is 0 Å². The second-order valence-corrected chi connectivity index (χ2v) is 8.72. The van der Waals surface area contributed by atoms with Gasteiger partial charge in [0.15, 0.2) is 0 Å². The Hall–Kier alpha value is -4.03. The summed E-state index contributed by atoms with van der Waals surface area (Å²) in [5.41, 5.74) is 4.59. The molecule has 0 aliphatic heterocycles. The third-order valence-electron chi connectivity index (χ3n) is 5.66. The molecule has 6 rings (SSSR count). The Kier molecular flexibility index (Phi) is 4.66. The van der Waals surface area contributed by atoms with Crippen molar-refractivity contribution in [1.29, 1.82) is 0 Å². The number of hydrogen-bond donors (Lipinski definition) is 2. The van der Waals surface area contributed by atoms with Crippen molar-refractivity contribution < 1.29 is 4.79 Å². The van der Waals surface area contributed by atoms with Gasteiger partial charge in [0.2, 0.25) is 0 Å². The van der Waals surface area contributed by atoms with Crippen LogP contribution in [0.3, 0.4) is 0 Å². The number of urea groups is 1. The number of halogens is 1. The summed E-state index contributed by atoms with van der Waals surface area (Å²) in [5, 5.41) is 10.2. The minimum atomic E-state index is -0.322. The first-order valence-corrected chi connectivity index (χ1v) is 11.3. The molecule has 0 unspecified atom stereocenters. The minimum absolute atomic E-state index is 0.322. The number of carbonyl (C=O) groups is 1. The lowest BCUT2D eigenvalue weighted by molar-refractivity contribution is 0.262. The lowest BCUT2D eigenvalue weighted by Gasteiger charge is -2.11. The van der Waals surface area contributed by atoms with Crippen molar-refractivity contribution in [3.63, 3.8) is 0 Å². The highest BCUT2D eigenvalue weighted by Crippen LogP contribution is 2.34. The summed E-state index contributed by atoms with van der Waals surface area (Å²) in [6.07, 6.45) is 0. The molecule has 0 atom stereocenters. The monoisotopic (exact) mass is 492 g/mol. The minimum Gasteiger partial charge on any atom is -0.308 e. The van der Waals surface area contributed by atoms with Crippen LogP contribution < -0.4 is 10.6 Å². The molecule has 2 amide bonds.